The Hall–Kier alpha value is -0.810. The van der Waals surface area contributed by atoms with Gasteiger partial charge < -0.3 is 15.8 Å². The van der Waals surface area contributed by atoms with Gasteiger partial charge in [-0.1, -0.05) is 13.3 Å². The van der Waals surface area contributed by atoms with E-state index in [0.29, 0.717) is 6.54 Å². The van der Waals surface area contributed by atoms with Crippen LogP contribution in [0.1, 0.15) is 60.3 Å². The van der Waals surface area contributed by atoms with Gasteiger partial charge in [0.05, 0.1) is 0 Å². The number of hydrogen-bond acceptors (Lipinski definition) is 4. The number of amides is 1. The molecule has 3 unspecified atom stereocenters. The fraction of sp³-hybridized carbons (Fsp3) is 0.941. The first-order chi connectivity index (χ1) is 10.3. The maximum Gasteiger partial charge on any atom is 0.407 e. The molecule has 0 aromatic carbocycles. The molecule has 1 fully saturated rings. The first kappa shape index (κ1) is 19.2. The van der Waals surface area contributed by atoms with E-state index in [1.165, 1.54) is 25.7 Å². The summed E-state index contributed by atoms with van der Waals surface area (Å²) < 4.78 is 5.34. The second-order valence-corrected chi connectivity index (χ2v) is 7.48. The maximum atomic E-state index is 11.9. The number of carbonyl (C=O) groups is 1. The van der Waals surface area contributed by atoms with Gasteiger partial charge in [0.15, 0.2) is 0 Å². The van der Waals surface area contributed by atoms with E-state index in [4.69, 9.17) is 10.5 Å². The van der Waals surface area contributed by atoms with Gasteiger partial charge in [0.2, 0.25) is 0 Å². The smallest absolute Gasteiger partial charge is 0.407 e. The van der Waals surface area contributed by atoms with E-state index in [0.717, 1.165) is 19.0 Å². The molecule has 1 amide bonds. The van der Waals surface area contributed by atoms with Crippen LogP contribution in [0.25, 0.3) is 0 Å². The lowest BCUT2D eigenvalue weighted by molar-refractivity contribution is 0.0470. The fourth-order valence-electron chi connectivity index (χ4n) is 3.19. The Morgan fingerprint density at radius 2 is 2.05 bits per heavy atom. The molecule has 1 aliphatic heterocycles. The Morgan fingerprint density at radius 1 is 1.36 bits per heavy atom. The highest BCUT2D eigenvalue weighted by atomic mass is 16.6. The van der Waals surface area contributed by atoms with Gasteiger partial charge in [-0.05, 0) is 66.0 Å². The minimum Gasteiger partial charge on any atom is -0.444 e. The summed E-state index contributed by atoms with van der Waals surface area (Å²) in [5.41, 5.74) is 5.52. The fourth-order valence-corrected chi connectivity index (χ4v) is 3.19. The van der Waals surface area contributed by atoms with Gasteiger partial charge in [-0.15, -0.1) is 0 Å². The highest BCUT2D eigenvalue weighted by molar-refractivity contribution is 5.68. The summed E-state index contributed by atoms with van der Waals surface area (Å²) in [6.07, 6.45) is 4.64. The lowest BCUT2D eigenvalue weighted by Gasteiger charge is -2.34. The van der Waals surface area contributed by atoms with Crippen molar-refractivity contribution < 1.29 is 9.53 Å². The standard InChI is InChI=1S/C17H35N3O2/c1-6-14-8-7-10-20(11-9-14)15(12-18)13(2)19-16(21)22-17(3,4)5/h13-15H,6-12,18H2,1-5H3,(H,19,21). The number of ether oxygens (including phenoxy) is 1. The summed E-state index contributed by atoms with van der Waals surface area (Å²) in [4.78, 5) is 14.4. The van der Waals surface area contributed by atoms with Gasteiger partial charge in [0.25, 0.3) is 0 Å². The molecular weight excluding hydrogens is 278 g/mol. The molecule has 5 heteroatoms. The predicted molar refractivity (Wildman–Crippen MR) is 90.9 cm³/mol. The summed E-state index contributed by atoms with van der Waals surface area (Å²) in [7, 11) is 0. The van der Waals surface area contributed by atoms with Crippen LogP contribution in [0.5, 0.6) is 0 Å². The highest BCUT2D eigenvalue weighted by Gasteiger charge is 2.28. The predicted octanol–water partition coefficient (Wildman–Crippen LogP) is 2.74. The summed E-state index contributed by atoms with van der Waals surface area (Å²) >= 11 is 0. The second-order valence-electron chi connectivity index (χ2n) is 7.48. The van der Waals surface area contributed by atoms with E-state index >= 15 is 0 Å². The lowest BCUT2D eigenvalue weighted by atomic mass is 9.98. The van der Waals surface area contributed by atoms with Crippen molar-refractivity contribution >= 4 is 6.09 Å². The molecule has 1 aliphatic rings. The van der Waals surface area contributed by atoms with E-state index in [1.807, 2.05) is 27.7 Å². The Balaban J connectivity index is 2.56. The third-order valence-electron chi connectivity index (χ3n) is 4.49. The van der Waals surface area contributed by atoms with Crippen molar-refractivity contribution in [2.45, 2.75) is 78.0 Å². The third kappa shape index (κ3) is 6.53. The molecule has 0 saturated carbocycles. The van der Waals surface area contributed by atoms with Crippen molar-refractivity contribution in [1.82, 2.24) is 10.2 Å². The minimum atomic E-state index is -0.473. The van der Waals surface area contributed by atoms with Crippen molar-refractivity contribution in [3.05, 3.63) is 0 Å². The van der Waals surface area contributed by atoms with Gasteiger partial charge in [-0.3, -0.25) is 4.90 Å². The normalized spacial score (nSPS) is 23.5. The molecular formula is C17H35N3O2. The molecule has 1 saturated heterocycles. The summed E-state index contributed by atoms with van der Waals surface area (Å²) in [6, 6.07) is 0.154. The van der Waals surface area contributed by atoms with Crippen LogP contribution in [0.4, 0.5) is 4.79 Å². The molecule has 130 valence electrons. The van der Waals surface area contributed by atoms with E-state index in [9.17, 15) is 4.79 Å². The molecule has 5 nitrogen and oxygen atoms in total. The summed E-state index contributed by atoms with van der Waals surface area (Å²) in [5, 5.41) is 2.95. The number of nitrogens with one attached hydrogen (secondary N) is 1. The second kappa shape index (κ2) is 8.73. The maximum absolute atomic E-state index is 11.9. The first-order valence-electron chi connectivity index (χ1n) is 8.70. The molecule has 0 radical (unpaired) electrons. The van der Waals surface area contributed by atoms with Crippen LogP contribution in [0.2, 0.25) is 0 Å². The van der Waals surface area contributed by atoms with Crippen LogP contribution in [-0.4, -0.2) is 48.3 Å². The van der Waals surface area contributed by atoms with E-state index in [1.54, 1.807) is 0 Å². The largest absolute Gasteiger partial charge is 0.444 e. The van der Waals surface area contributed by atoms with Crippen LogP contribution in [-0.2, 0) is 4.74 Å². The topological polar surface area (TPSA) is 67.6 Å². The molecule has 22 heavy (non-hydrogen) atoms. The van der Waals surface area contributed by atoms with E-state index in [-0.39, 0.29) is 18.2 Å². The minimum absolute atomic E-state index is 0.0157. The Bertz CT molecular complexity index is 341. The van der Waals surface area contributed by atoms with Crippen LogP contribution in [0.3, 0.4) is 0 Å². The quantitative estimate of drug-likeness (QED) is 0.819. The Morgan fingerprint density at radius 3 is 2.59 bits per heavy atom. The van der Waals surface area contributed by atoms with Crippen molar-refractivity contribution in [1.29, 1.82) is 0 Å². The van der Waals surface area contributed by atoms with Crippen molar-refractivity contribution in [2.75, 3.05) is 19.6 Å². The lowest BCUT2D eigenvalue weighted by Crippen LogP contribution is -2.54. The Labute approximate surface area is 135 Å². The van der Waals surface area contributed by atoms with Gasteiger partial charge in [-0.25, -0.2) is 4.79 Å². The molecule has 1 rings (SSSR count). The number of alkyl carbamates (subject to hydrolysis) is 1. The van der Waals surface area contributed by atoms with E-state index in [2.05, 4.69) is 17.1 Å². The molecule has 1 heterocycles. The number of nitrogens with zero attached hydrogens (tertiary/aromatic N) is 1. The number of rotatable bonds is 5. The zero-order chi connectivity index (χ0) is 16.8. The number of hydrogen-bond donors (Lipinski definition) is 2. The van der Waals surface area contributed by atoms with Crippen molar-refractivity contribution in [3.63, 3.8) is 0 Å². The van der Waals surface area contributed by atoms with Crippen LogP contribution < -0.4 is 11.1 Å². The average Bonchev–Trinajstić information content (AvgIpc) is 2.62. The number of carbonyl (C=O) groups excluding carboxylic acids is 1. The molecule has 3 atom stereocenters. The summed E-state index contributed by atoms with van der Waals surface area (Å²) in [5.74, 6) is 0.831. The third-order valence-corrected chi connectivity index (χ3v) is 4.49. The SMILES string of the molecule is CCC1CCCN(C(CN)C(C)NC(=O)OC(C)(C)C)CC1. The monoisotopic (exact) mass is 313 g/mol. The number of nitrogens with two attached hydrogens (primary N) is 1. The molecule has 0 bridgehead atoms. The molecule has 0 spiro atoms. The zero-order valence-electron chi connectivity index (χ0n) is 15.0. The van der Waals surface area contributed by atoms with Crippen LogP contribution in [0, 0.1) is 5.92 Å². The van der Waals surface area contributed by atoms with Gasteiger partial charge in [-0.2, -0.15) is 0 Å². The number of likely N-dealkylation sites (tertiary alicyclic amines) is 1. The van der Waals surface area contributed by atoms with Crippen molar-refractivity contribution in [2.24, 2.45) is 11.7 Å². The molecule has 0 aliphatic carbocycles. The summed E-state index contributed by atoms with van der Waals surface area (Å²) in [6.45, 7) is 12.6. The highest BCUT2D eigenvalue weighted by Crippen LogP contribution is 2.22. The molecule has 0 aromatic heterocycles. The van der Waals surface area contributed by atoms with Gasteiger partial charge >= 0.3 is 6.09 Å². The van der Waals surface area contributed by atoms with Gasteiger partial charge in [0, 0.05) is 18.6 Å². The first-order valence-corrected chi connectivity index (χ1v) is 8.70. The zero-order valence-corrected chi connectivity index (χ0v) is 15.0. The molecule has 0 aromatic rings. The average molecular weight is 313 g/mol. The molecule has 3 N–H and O–H groups in total. The van der Waals surface area contributed by atoms with E-state index < -0.39 is 5.60 Å². The van der Waals surface area contributed by atoms with Crippen LogP contribution >= 0.6 is 0 Å². The van der Waals surface area contributed by atoms with Crippen molar-refractivity contribution in [3.8, 4) is 0 Å². The van der Waals surface area contributed by atoms with Gasteiger partial charge in [0.1, 0.15) is 5.60 Å². The van der Waals surface area contributed by atoms with Crippen LogP contribution in [0.15, 0.2) is 0 Å². The Kier molecular flexibility index (Phi) is 7.63.